The minimum atomic E-state index is -4.59. The van der Waals surface area contributed by atoms with Gasteiger partial charge in [-0.05, 0) is 43.2 Å². The van der Waals surface area contributed by atoms with E-state index in [0.717, 1.165) is 25.0 Å². The molecule has 8 heteroatoms. The lowest BCUT2D eigenvalue weighted by Gasteiger charge is -2.09. The normalized spacial score (nSPS) is 14.8. The Balaban J connectivity index is 1.87. The average molecular weight is 381 g/mol. The molecular formula is C18H12ClF3N2O2. The Labute approximate surface area is 151 Å². The van der Waals surface area contributed by atoms with Gasteiger partial charge in [0.15, 0.2) is 0 Å². The third kappa shape index (κ3) is 4.09. The number of benzene rings is 1. The number of carbonyl (C=O) groups is 1. The summed E-state index contributed by atoms with van der Waals surface area (Å²) in [6.45, 7) is 0. The number of amides is 1. The quantitative estimate of drug-likeness (QED) is 0.611. The number of hydrogen-bond acceptors (Lipinski definition) is 3. The van der Waals surface area contributed by atoms with Crippen LogP contribution in [0.15, 0.2) is 40.3 Å². The molecule has 4 nitrogen and oxygen atoms in total. The first-order valence-corrected chi connectivity index (χ1v) is 8.05. The van der Waals surface area contributed by atoms with Gasteiger partial charge in [-0.3, -0.25) is 4.79 Å². The van der Waals surface area contributed by atoms with Crippen LogP contribution in [0.5, 0.6) is 0 Å². The van der Waals surface area contributed by atoms with Gasteiger partial charge in [-0.25, -0.2) is 0 Å². The number of furan rings is 1. The molecule has 1 amide bonds. The Morgan fingerprint density at radius 3 is 2.65 bits per heavy atom. The highest BCUT2D eigenvalue weighted by molar-refractivity contribution is 6.31. The zero-order valence-corrected chi connectivity index (χ0v) is 14.0. The first-order valence-electron chi connectivity index (χ1n) is 7.67. The minimum Gasteiger partial charge on any atom is -0.457 e. The SMILES string of the molecule is N#C/C(=C\c1ccc(-c2ccc(Cl)c(C(F)(F)F)c2)o1)C(=O)NC1CC1. The van der Waals surface area contributed by atoms with Gasteiger partial charge in [-0.2, -0.15) is 18.4 Å². The van der Waals surface area contributed by atoms with E-state index in [-0.39, 0.29) is 28.7 Å². The van der Waals surface area contributed by atoms with E-state index in [1.54, 1.807) is 6.07 Å². The zero-order valence-electron chi connectivity index (χ0n) is 13.2. The van der Waals surface area contributed by atoms with Crippen molar-refractivity contribution in [2.24, 2.45) is 0 Å². The molecule has 2 aromatic rings. The third-order valence-electron chi connectivity index (χ3n) is 3.75. The van der Waals surface area contributed by atoms with Crippen molar-refractivity contribution in [1.82, 2.24) is 5.32 Å². The van der Waals surface area contributed by atoms with Crippen LogP contribution in [0.3, 0.4) is 0 Å². The van der Waals surface area contributed by atoms with E-state index >= 15 is 0 Å². The van der Waals surface area contributed by atoms with Crippen LogP contribution >= 0.6 is 11.6 Å². The maximum atomic E-state index is 13.0. The molecule has 26 heavy (non-hydrogen) atoms. The summed E-state index contributed by atoms with van der Waals surface area (Å²) in [6, 6.07) is 8.25. The van der Waals surface area contributed by atoms with E-state index in [1.807, 2.05) is 0 Å². The predicted molar refractivity (Wildman–Crippen MR) is 88.9 cm³/mol. The van der Waals surface area contributed by atoms with E-state index in [0.29, 0.717) is 0 Å². The molecule has 3 rings (SSSR count). The van der Waals surface area contributed by atoms with Crippen molar-refractivity contribution < 1.29 is 22.4 Å². The number of halogens is 4. The van der Waals surface area contributed by atoms with Crippen molar-refractivity contribution in [3.63, 3.8) is 0 Å². The molecule has 1 aromatic carbocycles. The molecule has 1 aromatic heterocycles. The highest BCUT2D eigenvalue weighted by Crippen LogP contribution is 2.37. The van der Waals surface area contributed by atoms with Crippen LogP contribution in [0, 0.1) is 11.3 Å². The first kappa shape index (κ1) is 18.1. The number of rotatable bonds is 4. The summed E-state index contributed by atoms with van der Waals surface area (Å²) in [6.07, 6.45) is -1.57. The van der Waals surface area contributed by atoms with Crippen LogP contribution < -0.4 is 5.32 Å². The van der Waals surface area contributed by atoms with Crippen LogP contribution in [0.25, 0.3) is 17.4 Å². The second kappa shape index (κ2) is 6.89. The molecule has 1 saturated carbocycles. The number of carbonyl (C=O) groups excluding carboxylic acids is 1. The fourth-order valence-corrected chi connectivity index (χ4v) is 2.49. The monoisotopic (exact) mass is 380 g/mol. The molecule has 0 atom stereocenters. The number of alkyl halides is 3. The fraction of sp³-hybridized carbons (Fsp3) is 0.222. The van der Waals surface area contributed by atoms with Crippen LogP contribution in [0.1, 0.15) is 24.2 Å². The molecule has 0 spiro atoms. The zero-order chi connectivity index (χ0) is 18.9. The lowest BCUT2D eigenvalue weighted by atomic mass is 10.1. The molecular weight excluding hydrogens is 369 g/mol. The molecule has 1 heterocycles. The molecule has 0 saturated heterocycles. The topological polar surface area (TPSA) is 66.0 Å². The predicted octanol–water partition coefficient (Wildman–Crippen LogP) is 4.80. The van der Waals surface area contributed by atoms with Crippen molar-refractivity contribution >= 4 is 23.6 Å². The summed E-state index contributed by atoms with van der Waals surface area (Å²) >= 11 is 5.60. The molecule has 0 bridgehead atoms. The molecule has 0 unspecified atom stereocenters. The number of nitriles is 1. The van der Waals surface area contributed by atoms with Crippen molar-refractivity contribution in [2.75, 3.05) is 0 Å². The average Bonchev–Trinajstić information content (AvgIpc) is 3.26. The van der Waals surface area contributed by atoms with Gasteiger partial charge in [0.05, 0.1) is 10.6 Å². The summed E-state index contributed by atoms with van der Waals surface area (Å²) in [5.74, 6) is -0.150. The molecule has 0 radical (unpaired) electrons. The van der Waals surface area contributed by atoms with Gasteiger partial charge in [0.1, 0.15) is 23.2 Å². The van der Waals surface area contributed by atoms with Crippen molar-refractivity contribution in [3.8, 4) is 17.4 Å². The van der Waals surface area contributed by atoms with Gasteiger partial charge < -0.3 is 9.73 Å². The van der Waals surface area contributed by atoms with Crippen molar-refractivity contribution in [3.05, 3.63) is 52.3 Å². The lowest BCUT2D eigenvalue weighted by molar-refractivity contribution is -0.137. The smallest absolute Gasteiger partial charge is 0.417 e. The van der Waals surface area contributed by atoms with Crippen LogP contribution in [0.4, 0.5) is 13.2 Å². The molecule has 1 N–H and O–H groups in total. The number of nitrogens with zero attached hydrogens (tertiary/aromatic N) is 1. The largest absolute Gasteiger partial charge is 0.457 e. The highest BCUT2D eigenvalue weighted by Gasteiger charge is 2.33. The minimum absolute atomic E-state index is 0.0984. The van der Waals surface area contributed by atoms with Crippen LogP contribution in [0.2, 0.25) is 5.02 Å². The van der Waals surface area contributed by atoms with Gasteiger partial charge in [0, 0.05) is 17.7 Å². The molecule has 134 valence electrons. The maximum Gasteiger partial charge on any atom is 0.417 e. The van der Waals surface area contributed by atoms with Gasteiger partial charge >= 0.3 is 6.18 Å². The standard InChI is InChI=1S/C18H12ClF3N2O2/c19-15-5-1-10(8-14(15)18(20,21)22)16-6-4-13(26-16)7-11(9-23)17(25)24-12-2-3-12/h1,4-8,12H,2-3H2,(H,24,25)/b11-7+. The van der Waals surface area contributed by atoms with Gasteiger partial charge in [0.25, 0.3) is 5.91 Å². The number of nitrogens with one attached hydrogen (secondary N) is 1. The third-order valence-corrected chi connectivity index (χ3v) is 4.08. The first-order chi connectivity index (χ1) is 12.3. The second-order valence-corrected chi connectivity index (χ2v) is 6.22. The Morgan fingerprint density at radius 1 is 1.31 bits per heavy atom. The maximum absolute atomic E-state index is 13.0. The number of hydrogen-bond donors (Lipinski definition) is 1. The van der Waals surface area contributed by atoms with E-state index in [9.17, 15) is 18.0 Å². The Morgan fingerprint density at radius 2 is 2.04 bits per heavy atom. The second-order valence-electron chi connectivity index (χ2n) is 5.81. The summed E-state index contributed by atoms with van der Waals surface area (Å²) in [4.78, 5) is 11.9. The van der Waals surface area contributed by atoms with Crippen molar-refractivity contribution in [2.45, 2.75) is 25.1 Å². The summed E-state index contributed by atoms with van der Waals surface area (Å²) in [5.41, 5.74) is -0.918. The Hall–Kier alpha value is -2.72. The summed E-state index contributed by atoms with van der Waals surface area (Å²) in [7, 11) is 0. The van der Waals surface area contributed by atoms with Gasteiger partial charge in [-0.1, -0.05) is 11.6 Å². The molecule has 0 aliphatic heterocycles. The van der Waals surface area contributed by atoms with Crippen LogP contribution in [-0.2, 0) is 11.0 Å². The fourth-order valence-electron chi connectivity index (χ4n) is 2.26. The van der Waals surface area contributed by atoms with Crippen molar-refractivity contribution in [1.29, 1.82) is 5.26 Å². The van der Waals surface area contributed by atoms with E-state index in [2.05, 4.69) is 5.32 Å². The van der Waals surface area contributed by atoms with E-state index < -0.39 is 22.7 Å². The van der Waals surface area contributed by atoms with Gasteiger partial charge in [0.2, 0.25) is 0 Å². The molecule has 1 aliphatic rings. The summed E-state index contributed by atoms with van der Waals surface area (Å²) in [5, 5.41) is 11.4. The highest BCUT2D eigenvalue weighted by atomic mass is 35.5. The van der Waals surface area contributed by atoms with E-state index in [1.165, 1.54) is 24.3 Å². The Bertz CT molecular complexity index is 921. The van der Waals surface area contributed by atoms with E-state index in [4.69, 9.17) is 21.3 Å². The Kier molecular flexibility index (Phi) is 4.79. The lowest BCUT2D eigenvalue weighted by Crippen LogP contribution is -2.26. The van der Waals surface area contributed by atoms with Gasteiger partial charge in [-0.15, -0.1) is 0 Å². The summed E-state index contributed by atoms with van der Waals surface area (Å²) < 4.78 is 44.3. The molecule has 1 aliphatic carbocycles. The van der Waals surface area contributed by atoms with Crippen LogP contribution in [-0.4, -0.2) is 11.9 Å². The molecule has 1 fully saturated rings.